The predicted molar refractivity (Wildman–Crippen MR) is 66.5 cm³/mol. The molecule has 2 heterocycles. The number of hydrogen-bond acceptors (Lipinski definition) is 8. The maximum Gasteiger partial charge on any atom is 0.351 e. The van der Waals surface area contributed by atoms with Crippen molar-refractivity contribution in [2.75, 3.05) is 12.3 Å². The molecule has 20 heavy (non-hydrogen) atoms. The molecular formula is C11H17N3O6. The average molecular weight is 287 g/mol. The lowest BCUT2D eigenvalue weighted by Gasteiger charge is -2.24. The first-order valence-electron chi connectivity index (χ1n) is 6.09. The summed E-state index contributed by atoms with van der Waals surface area (Å²) in [6, 6.07) is 1.38. The maximum absolute atomic E-state index is 11.7. The zero-order chi connectivity index (χ0) is 14.9. The van der Waals surface area contributed by atoms with E-state index in [4.69, 9.17) is 15.6 Å². The van der Waals surface area contributed by atoms with Crippen molar-refractivity contribution in [1.29, 1.82) is 0 Å². The van der Waals surface area contributed by atoms with Crippen LogP contribution >= 0.6 is 0 Å². The minimum absolute atomic E-state index is 0.0409. The topological polar surface area (TPSA) is 151 Å². The molecule has 9 heteroatoms. The van der Waals surface area contributed by atoms with Crippen molar-refractivity contribution >= 4 is 5.82 Å². The van der Waals surface area contributed by atoms with Crippen molar-refractivity contribution in [1.82, 2.24) is 9.55 Å². The lowest BCUT2D eigenvalue weighted by atomic mass is 10.0. The quantitative estimate of drug-likeness (QED) is 0.391. The standard InChI is InChI=1S/C11H17N3O6/c12-7-1-2-14(11(19)13-7)8-3-5(16)9(17)10(18)6(4-15)20-8/h1-2,5-6,8-10,15-18H,3-4H2,(H2,12,13,19)/t5?,6?,8-,9?,10+/m0/s1. The summed E-state index contributed by atoms with van der Waals surface area (Å²) < 4.78 is 6.46. The number of aliphatic hydroxyl groups is 4. The summed E-state index contributed by atoms with van der Waals surface area (Å²) in [5.41, 5.74) is 4.69. The zero-order valence-electron chi connectivity index (χ0n) is 10.5. The van der Waals surface area contributed by atoms with E-state index < -0.39 is 42.9 Å². The van der Waals surface area contributed by atoms with Crippen LogP contribution in [0.5, 0.6) is 0 Å². The summed E-state index contributed by atoms with van der Waals surface area (Å²) in [5.74, 6) is 0.0409. The molecular weight excluding hydrogens is 270 g/mol. The Bertz CT molecular complexity index is 521. The smallest absolute Gasteiger partial charge is 0.351 e. The third kappa shape index (κ3) is 2.81. The van der Waals surface area contributed by atoms with E-state index in [1.54, 1.807) is 0 Å². The molecule has 9 nitrogen and oxygen atoms in total. The van der Waals surface area contributed by atoms with Crippen LogP contribution in [0.4, 0.5) is 5.82 Å². The first-order valence-corrected chi connectivity index (χ1v) is 6.09. The Balaban J connectivity index is 2.33. The van der Waals surface area contributed by atoms with Crippen molar-refractivity contribution in [2.24, 2.45) is 0 Å². The van der Waals surface area contributed by atoms with Gasteiger partial charge in [0.2, 0.25) is 0 Å². The van der Waals surface area contributed by atoms with Crippen LogP contribution in [0, 0.1) is 0 Å². The van der Waals surface area contributed by atoms with Crippen LogP contribution in [0.3, 0.4) is 0 Å². The third-order valence-corrected chi connectivity index (χ3v) is 3.24. The fourth-order valence-electron chi connectivity index (χ4n) is 2.11. The molecule has 0 aromatic carbocycles. The number of hydrogen-bond donors (Lipinski definition) is 5. The lowest BCUT2D eigenvalue weighted by Crippen LogP contribution is -2.44. The lowest BCUT2D eigenvalue weighted by molar-refractivity contribution is -0.132. The van der Waals surface area contributed by atoms with Gasteiger partial charge in [0.05, 0.1) is 12.7 Å². The second kappa shape index (κ2) is 5.85. The van der Waals surface area contributed by atoms with Crippen molar-refractivity contribution in [2.45, 2.75) is 37.1 Å². The summed E-state index contributed by atoms with van der Waals surface area (Å²) >= 11 is 0. The average Bonchev–Trinajstić information content (AvgIpc) is 2.51. The highest BCUT2D eigenvalue weighted by Gasteiger charge is 2.39. The van der Waals surface area contributed by atoms with Crippen LogP contribution in [0.2, 0.25) is 0 Å². The van der Waals surface area contributed by atoms with Crippen molar-refractivity contribution in [3.05, 3.63) is 22.7 Å². The van der Waals surface area contributed by atoms with E-state index in [-0.39, 0.29) is 12.2 Å². The molecule has 0 spiro atoms. The van der Waals surface area contributed by atoms with Crippen LogP contribution in [-0.2, 0) is 4.74 Å². The fourth-order valence-corrected chi connectivity index (χ4v) is 2.11. The molecule has 0 amide bonds. The minimum atomic E-state index is -1.48. The van der Waals surface area contributed by atoms with E-state index in [1.165, 1.54) is 12.3 Å². The Morgan fingerprint density at radius 3 is 2.70 bits per heavy atom. The number of nitrogens with zero attached hydrogens (tertiary/aromatic N) is 2. The van der Waals surface area contributed by atoms with Gasteiger partial charge < -0.3 is 30.9 Å². The molecule has 3 unspecified atom stereocenters. The highest BCUT2D eigenvalue weighted by Crippen LogP contribution is 2.25. The van der Waals surface area contributed by atoms with E-state index in [1.807, 2.05) is 0 Å². The largest absolute Gasteiger partial charge is 0.394 e. The predicted octanol–water partition coefficient (Wildman–Crippen LogP) is -2.81. The maximum atomic E-state index is 11.7. The summed E-state index contributed by atoms with van der Waals surface area (Å²) in [6.07, 6.45) is -5.16. The Labute approximate surface area is 113 Å². The Hall–Kier alpha value is -1.52. The molecule has 2 rings (SSSR count). The van der Waals surface area contributed by atoms with Gasteiger partial charge in [-0.25, -0.2) is 4.79 Å². The summed E-state index contributed by atoms with van der Waals surface area (Å²) in [7, 11) is 0. The molecule has 1 aliphatic rings. The van der Waals surface area contributed by atoms with E-state index in [2.05, 4.69) is 4.98 Å². The SMILES string of the molecule is Nc1ccn([C@@H]2CC(O)C(O)[C@H](O)C(CO)O2)c(=O)n1. The van der Waals surface area contributed by atoms with Crippen LogP contribution in [0.15, 0.2) is 17.1 Å². The Kier molecular flexibility index (Phi) is 4.35. The van der Waals surface area contributed by atoms with E-state index in [9.17, 15) is 20.1 Å². The number of nitrogen functional groups attached to an aromatic ring is 1. The summed E-state index contributed by atoms with van der Waals surface area (Å²) in [6.45, 7) is -0.571. The first kappa shape index (κ1) is 14.9. The number of nitrogens with two attached hydrogens (primary N) is 1. The van der Waals surface area contributed by atoms with Crippen LogP contribution in [0.25, 0.3) is 0 Å². The number of rotatable bonds is 2. The molecule has 1 aromatic rings. The molecule has 1 aromatic heterocycles. The van der Waals surface area contributed by atoms with Gasteiger partial charge in [0, 0.05) is 12.6 Å². The molecule has 0 radical (unpaired) electrons. The monoisotopic (exact) mass is 287 g/mol. The van der Waals surface area contributed by atoms with Crippen LogP contribution in [-0.4, -0.2) is 61.0 Å². The second-order valence-corrected chi connectivity index (χ2v) is 4.64. The number of aliphatic hydroxyl groups excluding tert-OH is 4. The highest BCUT2D eigenvalue weighted by molar-refractivity contribution is 5.23. The van der Waals surface area contributed by atoms with Crippen molar-refractivity contribution < 1.29 is 25.2 Å². The van der Waals surface area contributed by atoms with Gasteiger partial charge in [-0.15, -0.1) is 0 Å². The zero-order valence-corrected chi connectivity index (χ0v) is 10.5. The first-order chi connectivity index (χ1) is 9.43. The molecule has 5 atom stereocenters. The Morgan fingerprint density at radius 2 is 2.10 bits per heavy atom. The van der Waals surface area contributed by atoms with Crippen molar-refractivity contribution in [3.63, 3.8) is 0 Å². The van der Waals surface area contributed by atoms with Gasteiger partial charge in [-0.2, -0.15) is 4.98 Å². The van der Waals surface area contributed by atoms with Gasteiger partial charge in [0.1, 0.15) is 30.4 Å². The molecule has 0 saturated carbocycles. The van der Waals surface area contributed by atoms with Gasteiger partial charge in [-0.05, 0) is 6.07 Å². The summed E-state index contributed by atoms with van der Waals surface area (Å²) in [5, 5.41) is 38.4. The molecule has 1 aliphatic heterocycles. The highest BCUT2D eigenvalue weighted by atomic mass is 16.5. The number of ether oxygens (including phenoxy) is 1. The minimum Gasteiger partial charge on any atom is -0.394 e. The Morgan fingerprint density at radius 1 is 1.40 bits per heavy atom. The van der Waals surface area contributed by atoms with Crippen LogP contribution < -0.4 is 11.4 Å². The molecule has 0 bridgehead atoms. The van der Waals surface area contributed by atoms with E-state index in [0.717, 1.165) is 4.57 Å². The van der Waals surface area contributed by atoms with E-state index in [0.29, 0.717) is 0 Å². The molecule has 112 valence electrons. The molecule has 6 N–H and O–H groups in total. The molecule has 1 saturated heterocycles. The van der Waals surface area contributed by atoms with Crippen LogP contribution in [0.1, 0.15) is 12.6 Å². The van der Waals surface area contributed by atoms with Crippen molar-refractivity contribution in [3.8, 4) is 0 Å². The summed E-state index contributed by atoms with van der Waals surface area (Å²) in [4.78, 5) is 15.3. The molecule has 0 aliphatic carbocycles. The number of aromatic nitrogens is 2. The van der Waals surface area contributed by atoms with E-state index >= 15 is 0 Å². The second-order valence-electron chi connectivity index (χ2n) is 4.64. The van der Waals surface area contributed by atoms with Gasteiger partial charge in [-0.1, -0.05) is 0 Å². The normalized spacial score (nSPS) is 34.7. The van der Waals surface area contributed by atoms with Gasteiger partial charge in [0.25, 0.3) is 0 Å². The van der Waals surface area contributed by atoms with Gasteiger partial charge in [-0.3, -0.25) is 4.57 Å². The number of anilines is 1. The fraction of sp³-hybridized carbons (Fsp3) is 0.636. The third-order valence-electron chi connectivity index (χ3n) is 3.24. The molecule has 1 fully saturated rings. The van der Waals surface area contributed by atoms with Gasteiger partial charge in [0.15, 0.2) is 0 Å². The van der Waals surface area contributed by atoms with Gasteiger partial charge >= 0.3 is 5.69 Å².